The fourth-order valence-electron chi connectivity index (χ4n) is 5.73. The molecular weight excluding hydrogens is 460 g/mol. The lowest BCUT2D eigenvalue weighted by Gasteiger charge is -2.52. The number of phenols is 1. The third-order valence-corrected chi connectivity index (χ3v) is 7.29. The Balaban J connectivity index is 2.06. The number of rotatable bonds is 3. The first kappa shape index (κ1) is 24.5. The predicted molar refractivity (Wildman–Crippen MR) is 124 cm³/mol. The Morgan fingerprint density at radius 2 is 1.74 bits per heavy atom. The second kappa shape index (κ2) is 7.70. The molecule has 0 spiro atoms. The lowest BCUT2D eigenvalue weighted by Crippen LogP contribution is -2.70. The van der Waals surface area contributed by atoms with Gasteiger partial charge in [0.15, 0.2) is 11.4 Å². The van der Waals surface area contributed by atoms with Crippen LogP contribution < -0.4 is 16.4 Å². The van der Waals surface area contributed by atoms with Crippen molar-refractivity contribution in [3.05, 3.63) is 34.1 Å². The van der Waals surface area contributed by atoms with E-state index in [0.717, 1.165) is 0 Å². The molecule has 0 bridgehead atoms. The molecule has 3 aliphatic carbocycles. The van der Waals surface area contributed by atoms with Crippen molar-refractivity contribution in [1.82, 2.24) is 4.90 Å². The number of phenolic OH excluding ortho intramolecular Hbond substituents is 1. The van der Waals surface area contributed by atoms with Gasteiger partial charge in [0.2, 0.25) is 5.78 Å². The van der Waals surface area contributed by atoms with Crippen molar-refractivity contribution in [3.8, 4) is 5.75 Å². The van der Waals surface area contributed by atoms with E-state index in [9.17, 15) is 39.9 Å². The van der Waals surface area contributed by atoms with Gasteiger partial charge in [0.05, 0.1) is 29.3 Å². The number of carbonyl (C=O) groups is 3. The van der Waals surface area contributed by atoms with Crippen molar-refractivity contribution in [2.45, 2.75) is 24.2 Å². The summed E-state index contributed by atoms with van der Waals surface area (Å²) in [6, 6.07) is 0.0934. The molecule has 1 amide bonds. The second-order valence-electron chi connectivity index (χ2n) is 9.63. The Labute approximate surface area is 200 Å². The summed E-state index contributed by atoms with van der Waals surface area (Å²) in [7, 11) is 6.32. The third-order valence-electron chi connectivity index (χ3n) is 7.29. The number of Topliss-reactive ketones (excluding diaryl/α,β-unsaturated/α-hetero) is 2. The van der Waals surface area contributed by atoms with Gasteiger partial charge in [0.1, 0.15) is 22.8 Å². The van der Waals surface area contributed by atoms with Crippen molar-refractivity contribution < 1.29 is 39.9 Å². The summed E-state index contributed by atoms with van der Waals surface area (Å²) < 4.78 is 0. The van der Waals surface area contributed by atoms with Gasteiger partial charge in [-0.25, -0.2) is 0 Å². The number of aromatic hydroxyl groups is 1. The number of ketones is 2. The Bertz CT molecular complexity index is 1250. The average molecular weight is 488 g/mol. The van der Waals surface area contributed by atoms with Gasteiger partial charge in [-0.15, -0.1) is 0 Å². The highest BCUT2D eigenvalue weighted by Gasteiger charge is 2.67. The molecule has 1 fully saturated rings. The number of nitrogens with two attached hydrogens (primary N) is 2. The van der Waals surface area contributed by atoms with Crippen molar-refractivity contribution in [2.75, 3.05) is 38.8 Å². The van der Waals surface area contributed by atoms with Crippen molar-refractivity contribution in [2.24, 2.45) is 17.6 Å². The SMILES string of the molecule is CN(C)c1cc(N)c(O)c2c1C[C@@H]1C(=C2O)C(=O)[C@]2(O)C(O)=C(C(N)=O)C(=O)[C@@H](N(C)C)[C@@H]2[C@H]1O. The number of hydrogen-bond donors (Lipinski definition) is 7. The fourth-order valence-corrected chi connectivity index (χ4v) is 5.73. The largest absolute Gasteiger partial charge is 0.508 e. The van der Waals surface area contributed by atoms with E-state index >= 15 is 0 Å². The van der Waals surface area contributed by atoms with E-state index in [2.05, 4.69) is 0 Å². The first-order valence-corrected chi connectivity index (χ1v) is 10.8. The maximum Gasteiger partial charge on any atom is 0.255 e. The monoisotopic (exact) mass is 488 g/mol. The molecule has 1 aromatic carbocycles. The highest BCUT2D eigenvalue weighted by molar-refractivity contribution is 6.24. The van der Waals surface area contributed by atoms with Gasteiger partial charge >= 0.3 is 0 Å². The zero-order chi connectivity index (χ0) is 26.3. The van der Waals surface area contributed by atoms with E-state index in [-0.39, 0.29) is 17.7 Å². The number of likely N-dealkylation sites (N-methyl/N-ethyl adjacent to an activating group) is 1. The highest BCUT2D eigenvalue weighted by Crippen LogP contribution is 2.54. The lowest BCUT2D eigenvalue weighted by molar-refractivity contribution is -0.168. The standard InChI is InChI=1S/C23H28N4O8/c1-26(2)10-6-9(24)17(29)11-7(10)5-8-12(18(11)30)20(32)23(35)14(16(8)28)15(27(3)4)19(31)13(21(23)33)22(25)34/h6,8,14-16,28-30,33,35H,5,24H2,1-4H3,(H2,25,34)/t8-,14-,15+,16+,23+/m1/s1. The summed E-state index contributed by atoms with van der Waals surface area (Å²) in [5.74, 6) is -8.73. The Morgan fingerprint density at radius 1 is 1.14 bits per heavy atom. The minimum atomic E-state index is -2.94. The molecule has 188 valence electrons. The van der Waals surface area contributed by atoms with Crippen LogP contribution in [0.25, 0.3) is 5.76 Å². The molecule has 9 N–H and O–H groups in total. The number of anilines is 2. The van der Waals surface area contributed by atoms with Crippen LogP contribution in [0, 0.1) is 11.8 Å². The Morgan fingerprint density at radius 3 is 2.26 bits per heavy atom. The summed E-state index contributed by atoms with van der Waals surface area (Å²) in [4.78, 5) is 41.9. The van der Waals surface area contributed by atoms with Gasteiger partial charge in [-0.1, -0.05) is 0 Å². The molecule has 0 aliphatic heterocycles. The van der Waals surface area contributed by atoms with Crippen LogP contribution in [0.3, 0.4) is 0 Å². The molecule has 4 rings (SSSR count). The van der Waals surface area contributed by atoms with E-state index in [1.54, 1.807) is 19.0 Å². The van der Waals surface area contributed by atoms with E-state index < -0.39 is 75.5 Å². The molecule has 12 nitrogen and oxygen atoms in total. The van der Waals surface area contributed by atoms with Gasteiger partial charge in [0, 0.05) is 31.3 Å². The quantitative estimate of drug-likeness (QED) is 0.149. The minimum absolute atomic E-state index is 0.0585. The summed E-state index contributed by atoms with van der Waals surface area (Å²) in [5, 5.41) is 55.7. The summed E-state index contributed by atoms with van der Waals surface area (Å²) in [6.45, 7) is 0. The molecule has 0 saturated heterocycles. The molecule has 1 saturated carbocycles. The molecule has 3 aliphatic rings. The highest BCUT2D eigenvalue weighted by atomic mass is 16.4. The number of nitrogen functional groups attached to an aromatic ring is 1. The van der Waals surface area contributed by atoms with Crippen molar-refractivity contribution in [3.63, 3.8) is 0 Å². The van der Waals surface area contributed by atoms with Crippen LogP contribution in [0.15, 0.2) is 23.0 Å². The number of benzene rings is 1. The Hall–Kier alpha value is -3.61. The first-order valence-electron chi connectivity index (χ1n) is 10.8. The summed E-state index contributed by atoms with van der Waals surface area (Å²) in [5.41, 5.74) is 7.53. The topological polar surface area (TPSA) is 211 Å². The molecule has 0 radical (unpaired) electrons. The number of nitrogens with zero attached hydrogens (tertiary/aromatic N) is 2. The number of aliphatic hydroxyl groups is 4. The van der Waals surface area contributed by atoms with Gasteiger partial charge in [0.25, 0.3) is 5.91 Å². The maximum atomic E-state index is 13.8. The van der Waals surface area contributed by atoms with Crippen LogP contribution in [0.2, 0.25) is 0 Å². The number of amides is 1. The molecule has 35 heavy (non-hydrogen) atoms. The zero-order valence-electron chi connectivity index (χ0n) is 19.6. The summed E-state index contributed by atoms with van der Waals surface area (Å²) in [6.07, 6.45) is -1.69. The summed E-state index contributed by atoms with van der Waals surface area (Å²) >= 11 is 0. The van der Waals surface area contributed by atoms with E-state index in [0.29, 0.717) is 11.3 Å². The number of hydrogen-bond acceptors (Lipinski definition) is 11. The number of carbonyl (C=O) groups excluding carboxylic acids is 3. The van der Waals surface area contributed by atoms with Crippen molar-refractivity contribution >= 4 is 34.6 Å². The van der Waals surface area contributed by atoms with E-state index in [4.69, 9.17) is 11.5 Å². The number of aliphatic hydroxyl groups excluding tert-OH is 3. The lowest BCUT2D eigenvalue weighted by atomic mass is 9.56. The fraction of sp³-hybridized carbons (Fsp3) is 0.435. The first-order chi connectivity index (χ1) is 16.2. The number of primary amides is 1. The number of fused-ring (bicyclic) bond motifs is 3. The van der Waals surface area contributed by atoms with E-state index in [1.807, 2.05) is 0 Å². The normalized spacial score (nSPS) is 30.3. The molecular formula is C23H28N4O8. The van der Waals surface area contributed by atoms with Crippen LogP contribution >= 0.6 is 0 Å². The minimum Gasteiger partial charge on any atom is -0.508 e. The van der Waals surface area contributed by atoms with Crippen LogP contribution in [0.5, 0.6) is 5.75 Å². The van der Waals surface area contributed by atoms with E-state index in [1.165, 1.54) is 25.1 Å². The molecule has 5 atom stereocenters. The second-order valence-corrected chi connectivity index (χ2v) is 9.63. The molecule has 0 unspecified atom stereocenters. The van der Waals surface area contributed by atoms with Gasteiger partial charge < -0.3 is 41.9 Å². The van der Waals surface area contributed by atoms with Crippen LogP contribution in [0.1, 0.15) is 11.1 Å². The zero-order valence-corrected chi connectivity index (χ0v) is 19.6. The van der Waals surface area contributed by atoms with Crippen LogP contribution in [-0.2, 0) is 20.8 Å². The van der Waals surface area contributed by atoms with Crippen molar-refractivity contribution in [1.29, 1.82) is 0 Å². The van der Waals surface area contributed by atoms with Gasteiger partial charge in [-0.2, -0.15) is 0 Å². The van der Waals surface area contributed by atoms with Crippen LogP contribution in [-0.4, -0.2) is 93.8 Å². The van der Waals surface area contributed by atoms with Gasteiger partial charge in [-0.05, 0) is 32.1 Å². The molecule has 12 heteroatoms. The van der Waals surface area contributed by atoms with Gasteiger partial charge in [-0.3, -0.25) is 19.3 Å². The predicted octanol–water partition coefficient (Wildman–Crippen LogP) is -1.42. The third kappa shape index (κ3) is 3.00. The van der Waals surface area contributed by atoms with Crippen LogP contribution in [0.4, 0.5) is 11.4 Å². The maximum absolute atomic E-state index is 13.8. The Kier molecular flexibility index (Phi) is 5.39. The average Bonchev–Trinajstić information content (AvgIpc) is 2.75. The smallest absolute Gasteiger partial charge is 0.255 e. The molecule has 1 aromatic rings. The molecule has 0 heterocycles. The molecule has 0 aromatic heterocycles.